The highest BCUT2D eigenvalue weighted by Gasteiger charge is 2.20. The number of aromatic nitrogens is 2. The number of methoxy groups -OCH3 is 1. The smallest absolute Gasteiger partial charge is 0.262 e. The number of thiazole rings is 1. The molecular formula is C27H27N3O3S. The zero-order valence-electron chi connectivity index (χ0n) is 19.7. The van der Waals surface area contributed by atoms with Crippen LogP contribution >= 0.6 is 11.3 Å². The largest absolute Gasteiger partial charge is 0.497 e. The third-order valence-electron chi connectivity index (χ3n) is 5.18. The Labute approximate surface area is 203 Å². The number of benzene rings is 2. The zero-order chi connectivity index (χ0) is 24.1. The molecule has 0 spiro atoms. The minimum atomic E-state index is -0.236. The summed E-state index contributed by atoms with van der Waals surface area (Å²) in [6.45, 7) is 6.19. The molecule has 0 fully saturated rings. The van der Waals surface area contributed by atoms with E-state index in [1.165, 1.54) is 11.3 Å². The third-order valence-corrected chi connectivity index (χ3v) is 6.05. The van der Waals surface area contributed by atoms with Gasteiger partial charge in [0.05, 0.1) is 18.5 Å². The summed E-state index contributed by atoms with van der Waals surface area (Å²) in [5, 5.41) is 5.76. The second-order valence-electron chi connectivity index (χ2n) is 8.78. The van der Waals surface area contributed by atoms with E-state index in [0.717, 1.165) is 33.3 Å². The summed E-state index contributed by atoms with van der Waals surface area (Å²) in [7, 11) is 1.63. The lowest BCUT2D eigenvalue weighted by Crippen LogP contribution is -2.22. The van der Waals surface area contributed by atoms with Gasteiger partial charge in [-0.1, -0.05) is 39.0 Å². The normalized spacial score (nSPS) is 11.2. The van der Waals surface area contributed by atoms with Crippen molar-refractivity contribution in [2.75, 3.05) is 19.0 Å². The highest BCUT2D eigenvalue weighted by atomic mass is 32.1. The molecule has 1 amide bonds. The van der Waals surface area contributed by atoms with Crippen molar-refractivity contribution in [1.82, 2.24) is 9.97 Å². The molecule has 2 heterocycles. The van der Waals surface area contributed by atoms with Crippen LogP contribution < -0.4 is 14.8 Å². The molecule has 7 heteroatoms. The Balaban J connectivity index is 1.43. The maximum absolute atomic E-state index is 12.6. The summed E-state index contributed by atoms with van der Waals surface area (Å²) < 4.78 is 11.2. The fraction of sp³-hybridized carbons (Fsp3) is 0.222. The van der Waals surface area contributed by atoms with Gasteiger partial charge >= 0.3 is 0 Å². The van der Waals surface area contributed by atoms with Crippen molar-refractivity contribution in [3.63, 3.8) is 0 Å². The van der Waals surface area contributed by atoms with Crippen molar-refractivity contribution < 1.29 is 14.3 Å². The average molecular weight is 474 g/mol. The van der Waals surface area contributed by atoms with Gasteiger partial charge in [-0.2, -0.15) is 0 Å². The predicted molar refractivity (Wildman–Crippen MR) is 137 cm³/mol. The van der Waals surface area contributed by atoms with Gasteiger partial charge in [-0.05, 0) is 47.9 Å². The van der Waals surface area contributed by atoms with Crippen LogP contribution in [0, 0.1) is 0 Å². The van der Waals surface area contributed by atoms with Gasteiger partial charge in [0, 0.05) is 28.4 Å². The fourth-order valence-electron chi connectivity index (χ4n) is 3.46. The summed E-state index contributed by atoms with van der Waals surface area (Å²) >= 11 is 1.54. The number of hydrogen-bond donors (Lipinski definition) is 1. The van der Waals surface area contributed by atoms with Crippen LogP contribution in [0.15, 0.2) is 72.2 Å². The molecule has 0 aliphatic heterocycles. The molecule has 2 aromatic carbocycles. The molecule has 174 valence electrons. The van der Waals surface area contributed by atoms with Gasteiger partial charge in [0.25, 0.3) is 5.91 Å². The lowest BCUT2D eigenvalue weighted by atomic mass is 9.86. The first-order valence-corrected chi connectivity index (χ1v) is 11.8. The average Bonchev–Trinajstić information content (AvgIpc) is 3.33. The monoisotopic (exact) mass is 473 g/mol. The number of amides is 1. The number of carbonyl (C=O) groups excluding carboxylic acids is 1. The second kappa shape index (κ2) is 10.1. The molecular weight excluding hydrogens is 446 g/mol. The Bertz CT molecular complexity index is 1280. The van der Waals surface area contributed by atoms with Gasteiger partial charge < -0.3 is 14.8 Å². The van der Waals surface area contributed by atoms with E-state index in [0.29, 0.717) is 11.4 Å². The van der Waals surface area contributed by atoms with Gasteiger partial charge in [0.1, 0.15) is 16.5 Å². The zero-order valence-corrected chi connectivity index (χ0v) is 20.5. The molecule has 0 aliphatic rings. The minimum absolute atomic E-state index is 0.0971. The van der Waals surface area contributed by atoms with Gasteiger partial charge in [-0.15, -0.1) is 11.3 Å². The van der Waals surface area contributed by atoms with Crippen molar-refractivity contribution in [1.29, 1.82) is 0 Å². The molecule has 1 N–H and O–H groups in total. The minimum Gasteiger partial charge on any atom is -0.497 e. The van der Waals surface area contributed by atoms with E-state index >= 15 is 0 Å². The summed E-state index contributed by atoms with van der Waals surface area (Å²) in [4.78, 5) is 21.7. The number of nitrogens with one attached hydrogen (secondary N) is 1. The number of hydrogen-bond acceptors (Lipinski definition) is 6. The van der Waals surface area contributed by atoms with Crippen LogP contribution in [-0.4, -0.2) is 29.6 Å². The first-order chi connectivity index (χ1) is 16.3. The van der Waals surface area contributed by atoms with Crippen LogP contribution in [-0.2, 0) is 10.2 Å². The number of anilines is 1. The molecule has 34 heavy (non-hydrogen) atoms. The molecule has 0 radical (unpaired) electrons. The van der Waals surface area contributed by atoms with Crippen molar-refractivity contribution in [2.45, 2.75) is 26.2 Å². The topological polar surface area (TPSA) is 73.3 Å². The molecule has 0 aliphatic carbocycles. The van der Waals surface area contributed by atoms with Gasteiger partial charge in [0.2, 0.25) is 0 Å². The van der Waals surface area contributed by atoms with Gasteiger partial charge in [0.15, 0.2) is 6.61 Å². The fourth-order valence-corrected chi connectivity index (χ4v) is 4.26. The molecule has 4 rings (SSSR count). The van der Waals surface area contributed by atoms with Crippen LogP contribution in [0.25, 0.3) is 22.0 Å². The predicted octanol–water partition coefficient (Wildman–Crippen LogP) is 6.20. The number of carbonyl (C=O) groups is 1. The van der Waals surface area contributed by atoms with Crippen LogP contribution in [0.3, 0.4) is 0 Å². The number of ether oxygens (including phenoxy) is 2. The van der Waals surface area contributed by atoms with Gasteiger partial charge in [-0.25, -0.2) is 4.98 Å². The Morgan fingerprint density at radius 1 is 1.03 bits per heavy atom. The third kappa shape index (κ3) is 5.61. The molecule has 4 aromatic rings. The number of pyridine rings is 1. The standard InChI is InChI=1S/C27H27N3O3S/c1-27(2,3)21-15-20(32-4)11-12-24(21)33-16-25(31)29-19-9-7-8-18(14-19)23-17-34-26(30-23)22-10-5-6-13-28-22/h5-15,17H,16H2,1-4H3,(H,29,31). The molecule has 6 nitrogen and oxygen atoms in total. The summed E-state index contributed by atoms with van der Waals surface area (Å²) in [6, 6.07) is 19.0. The number of nitrogens with zero attached hydrogens (tertiary/aromatic N) is 2. The van der Waals surface area contributed by atoms with Crippen LogP contribution in [0.4, 0.5) is 5.69 Å². The van der Waals surface area contributed by atoms with E-state index in [9.17, 15) is 4.79 Å². The van der Waals surface area contributed by atoms with E-state index in [1.54, 1.807) is 13.3 Å². The first kappa shape index (κ1) is 23.4. The maximum Gasteiger partial charge on any atom is 0.262 e. The summed E-state index contributed by atoms with van der Waals surface area (Å²) in [6.07, 6.45) is 1.75. The van der Waals surface area contributed by atoms with E-state index in [2.05, 4.69) is 31.1 Å². The molecule has 0 saturated carbocycles. The maximum atomic E-state index is 12.6. The molecule has 0 bridgehead atoms. The van der Waals surface area contributed by atoms with Crippen molar-refractivity contribution in [3.8, 4) is 33.5 Å². The highest BCUT2D eigenvalue weighted by molar-refractivity contribution is 7.13. The Morgan fingerprint density at radius 2 is 1.88 bits per heavy atom. The summed E-state index contributed by atoms with van der Waals surface area (Å²) in [5.41, 5.74) is 4.11. The first-order valence-electron chi connectivity index (χ1n) is 10.9. The van der Waals surface area contributed by atoms with Crippen LogP contribution in [0.1, 0.15) is 26.3 Å². The lowest BCUT2D eigenvalue weighted by Gasteiger charge is -2.23. The molecule has 2 aromatic heterocycles. The van der Waals surface area contributed by atoms with E-state index < -0.39 is 0 Å². The quantitative estimate of drug-likeness (QED) is 0.346. The van der Waals surface area contributed by atoms with Crippen LogP contribution in [0.5, 0.6) is 11.5 Å². The van der Waals surface area contributed by atoms with Crippen molar-refractivity contribution in [3.05, 3.63) is 77.8 Å². The number of rotatable bonds is 7. The molecule has 0 atom stereocenters. The van der Waals surface area contributed by atoms with E-state index in [1.807, 2.05) is 66.0 Å². The van der Waals surface area contributed by atoms with Crippen molar-refractivity contribution >= 4 is 22.9 Å². The Kier molecular flexibility index (Phi) is 6.93. The lowest BCUT2D eigenvalue weighted by molar-refractivity contribution is -0.118. The Morgan fingerprint density at radius 3 is 2.62 bits per heavy atom. The second-order valence-corrected chi connectivity index (χ2v) is 9.64. The van der Waals surface area contributed by atoms with E-state index in [-0.39, 0.29) is 17.9 Å². The Hall–Kier alpha value is -3.71. The summed E-state index contributed by atoms with van der Waals surface area (Å²) in [5.74, 6) is 1.19. The van der Waals surface area contributed by atoms with Gasteiger partial charge in [-0.3, -0.25) is 9.78 Å². The highest BCUT2D eigenvalue weighted by Crippen LogP contribution is 2.34. The van der Waals surface area contributed by atoms with E-state index in [4.69, 9.17) is 14.5 Å². The molecule has 0 saturated heterocycles. The van der Waals surface area contributed by atoms with Crippen LogP contribution in [0.2, 0.25) is 0 Å². The SMILES string of the molecule is COc1ccc(OCC(=O)Nc2cccc(-c3csc(-c4ccccn4)n3)c2)c(C(C)(C)C)c1. The molecule has 0 unspecified atom stereocenters. The van der Waals surface area contributed by atoms with Crippen molar-refractivity contribution in [2.24, 2.45) is 0 Å².